The monoisotopic (exact) mass is 277 g/mol. The average molecular weight is 277 g/mol. The molecule has 5 heteroatoms. The van der Waals surface area contributed by atoms with Gasteiger partial charge in [-0.15, -0.1) is 0 Å². The molecule has 0 bridgehead atoms. The van der Waals surface area contributed by atoms with Crippen molar-refractivity contribution in [1.29, 1.82) is 0 Å². The predicted octanol–water partition coefficient (Wildman–Crippen LogP) is 4.21. The van der Waals surface area contributed by atoms with E-state index in [0.29, 0.717) is 6.54 Å². The molecule has 0 amide bonds. The maximum Gasteiger partial charge on any atom is 0.441 e. The van der Waals surface area contributed by atoms with Crippen molar-refractivity contribution in [1.82, 2.24) is 5.32 Å². The van der Waals surface area contributed by atoms with Crippen LogP contribution in [0.2, 0.25) is 0 Å². The van der Waals surface area contributed by atoms with Crippen LogP contribution < -0.4 is 5.32 Å². The van der Waals surface area contributed by atoms with Gasteiger partial charge in [-0.2, -0.15) is 13.2 Å². The largest absolute Gasteiger partial charge is 0.441 e. The number of thioether (sulfide) groups is 1. The van der Waals surface area contributed by atoms with Gasteiger partial charge in [0.15, 0.2) is 0 Å². The molecule has 1 atom stereocenters. The summed E-state index contributed by atoms with van der Waals surface area (Å²) in [5.41, 5.74) is -0.672. The minimum absolute atomic E-state index is 0.0156. The molecule has 1 unspecified atom stereocenters. The first-order chi connectivity index (χ1) is 8.29. The molecule has 1 nitrogen and oxygen atoms in total. The molecule has 0 radical (unpaired) electrons. The number of benzene rings is 1. The molecule has 1 aromatic rings. The van der Waals surface area contributed by atoms with Crippen LogP contribution in [0.25, 0.3) is 0 Å². The molecular weight excluding hydrogens is 259 g/mol. The fourth-order valence-electron chi connectivity index (χ4n) is 1.78. The molecule has 0 spiro atoms. The lowest BCUT2D eigenvalue weighted by atomic mass is 10.00. The Morgan fingerprint density at radius 3 is 2.56 bits per heavy atom. The fraction of sp³-hybridized carbons (Fsp3) is 0.538. The van der Waals surface area contributed by atoms with Crippen LogP contribution >= 0.6 is 11.8 Å². The van der Waals surface area contributed by atoms with Gasteiger partial charge in [-0.3, -0.25) is 0 Å². The van der Waals surface area contributed by atoms with E-state index in [1.807, 2.05) is 32.9 Å². The van der Waals surface area contributed by atoms with E-state index in [2.05, 4.69) is 11.4 Å². The molecule has 102 valence electrons. The van der Waals surface area contributed by atoms with Crippen LogP contribution in [0.4, 0.5) is 13.2 Å². The van der Waals surface area contributed by atoms with Crippen molar-refractivity contribution in [2.45, 2.75) is 32.3 Å². The molecule has 1 rings (SSSR count). The summed E-state index contributed by atoms with van der Waals surface area (Å²) in [6, 6.07) is 6.21. The lowest BCUT2D eigenvalue weighted by Crippen LogP contribution is -2.23. The fourth-order valence-corrected chi connectivity index (χ4v) is 2.23. The van der Waals surface area contributed by atoms with Crippen molar-refractivity contribution in [3.63, 3.8) is 0 Å². The molecule has 1 N–H and O–H groups in total. The van der Waals surface area contributed by atoms with E-state index >= 15 is 0 Å². The topological polar surface area (TPSA) is 12.0 Å². The predicted molar refractivity (Wildman–Crippen MR) is 70.8 cm³/mol. The molecule has 0 fully saturated rings. The summed E-state index contributed by atoms with van der Waals surface area (Å²) in [6.07, 6.45) is 0. The zero-order valence-corrected chi connectivity index (χ0v) is 11.6. The number of hydrogen-bond acceptors (Lipinski definition) is 2. The summed E-state index contributed by atoms with van der Waals surface area (Å²) >= 11 is 0.0156. The van der Waals surface area contributed by atoms with Crippen LogP contribution in [0.5, 0.6) is 0 Å². The van der Waals surface area contributed by atoms with Crippen molar-refractivity contribution in [3.8, 4) is 0 Å². The van der Waals surface area contributed by atoms with Crippen molar-refractivity contribution in [2.75, 3.05) is 12.3 Å². The van der Waals surface area contributed by atoms with Crippen LogP contribution in [0.1, 0.15) is 29.7 Å². The van der Waals surface area contributed by atoms with E-state index in [9.17, 15) is 13.2 Å². The van der Waals surface area contributed by atoms with Crippen molar-refractivity contribution < 1.29 is 13.2 Å². The van der Waals surface area contributed by atoms with Crippen molar-refractivity contribution >= 4 is 11.8 Å². The average Bonchev–Trinajstić information content (AvgIpc) is 2.26. The van der Waals surface area contributed by atoms with Gasteiger partial charge in [0.05, 0.1) is 0 Å². The summed E-state index contributed by atoms with van der Waals surface area (Å²) < 4.78 is 35.9. The standard InChI is InChI=1S/C13H18F3NS/c1-9-4-5-10(2)12(8-9)11(3)17-6-7-18-13(14,15)16/h4-5,8,11,17H,6-7H2,1-3H3. The number of nitrogens with one attached hydrogen (secondary N) is 1. The molecule has 0 aliphatic carbocycles. The highest BCUT2D eigenvalue weighted by Crippen LogP contribution is 2.29. The van der Waals surface area contributed by atoms with Gasteiger partial charge < -0.3 is 5.32 Å². The molecule has 1 aromatic carbocycles. The zero-order valence-electron chi connectivity index (χ0n) is 10.8. The van der Waals surface area contributed by atoms with Gasteiger partial charge in [0.25, 0.3) is 0 Å². The van der Waals surface area contributed by atoms with Gasteiger partial charge in [0, 0.05) is 18.3 Å². The van der Waals surface area contributed by atoms with Gasteiger partial charge in [-0.25, -0.2) is 0 Å². The van der Waals surface area contributed by atoms with E-state index < -0.39 is 5.51 Å². The van der Waals surface area contributed by atoms with Gasteiger partial charge in [-0.1, -0.05) is 23.8 Å². The lowest BCUT2D eigenvalue weighted by molar-refractivity contribution is -0.0327. The Bertz CT molecular complexity index is 390. The quantitative estimate of drug-likeness (QED) is 0.809. The molecule has 18 heavy (non-hydrogen) atoms. The second-order valence-electron chi connectivity index (χ2n) is 4.33. The summed E-state index contributed by atoms with van der Waals surface area (Å²) in [5.74, 6) is 0.0404. The Balaban J connectivity index is 2.45. The maximum absolute atomic E-state index is 12.0. The minimum atomic E-state index is -4.13. The maximum atomic E-state index is 12.0. The summed E-state index contributed by atoms with van der Waals surface area (Å²) in [6.45, 7) is 6.34. The second-order valence-corrected chi connectivity index (χ2v) is 5.49. The summed E-state index contributed by atoms with van der Waals surface area (Å²) in [4.78, 5) is 0. The Morgan fingerprint density at radius 1 is 1.28 bits per heavy atom. The van der Waals surface area contributed by atoms with Crippen LogP contribution in [0.15, 0.2) is 18.2 Å². The molecule has 0 saturated carbocycles. The Kier molecular flexibility index (Phi) is 5.53. The third-order valence-corrected chi connectivity index (χ3v) is 3.46. The highest BCUT2D eigenvalue weighted by molar-refractivity contribution is 8.00. The molecule has 0 saturated heterocycles. The Hall–Kier alpha value is -0.680. The first-order valence-corrected chi connectivity index (χ1v) is 6.79. The van der Waals surface area contributed by atoms with Crippen molar-refractivity contribution in [3.05, 3.63) is 34.9 Å². The van der Waals surface area contributed by atoms with Crippen LogP contribution in [0, 0.1) is 13.8 Å². The van der Waals surface area contributed by atoms with Gasteiger partial charge in [0.2, 0.25) is 0 Å². The Labute approximate surface area is 110 Å². The molecule has 0 aliphatic rings. The number of hydrogen-bond donors (Lipinski definition) is 1. The van der Waals surface area contributed by atoms with E-state index in [-0.39, 0.29) is 23.6 Å². The third-order valence-electron chi connectivity index (χ3n) is 2.72. The second kappa shape index (κ2) is 6.48. The van der Waals surface area contributed by atoms with E-state index in [4.69, 9.17) is 0 Å². The highest BCUT2D eigenvalue weighted by Gasteiger charge is 2.27. The third kappa shape index (κ3) is 5.31. The lowest BCUT2D eigenvalue weighted by Gasteiger charge is -2.17. The number of halogens is 3. The minimum Gasteiger partial charge on any atom is -0.309 e. The number of rotatable bonds is 5. The SMILES string of the molecule is Cc1ccc(C)c(C(C)NCCSC(F)(F)F)c1. The van der Waals surface area contributed by atoms with Crippen LogP contribution in [-0.2, 0) is 0 Å². The van der Waals surface area contributed by atoms with Gasteiger partial charge in [-0.05, 0) is 43.7 Å². The van der Waals surface area contributed by atoms with Crippen molar-refractivity contribution in [2.24, 2.45) is 0 Å². The summed E-state index contributed by atoms with van der Waals surface area (Å²) in [7, 11) is 0. The normalized spacial score (nSPS) is 13.7. The van der Waals surface area contributed by atoms with Gasteiger partial charge >= 0.3 is 5.51 Å². The first-order valence-electron chi connectivity index (χ1n) is 5.81. The Morgan fingerprint density at radius 2 is 1.94 bits per heavy atom. The smallest absolute Gasteiger partial charge is 0.309 e. The first kappa shape index (κ1) is 15.4. The van der Waals surface area contributed by atoms with Gasteiger partial charge in [0.1, 0.15) is 0 Å². The van der Waals surface area contributed by atoms with E-state index in [1.54, 1.807) is 0 Å². The van der Waals surface area contributed by atoms with E-state index in [1.165, 1.54) is 0 Å². The van der Waals surface area contributed by atoms with Crippen LogP contribution in [-0.4, -0.2) is 17.8 Å². The highest BCUT2D eigenvalue weighted by atomic mass is 32.2. The van der Waals surface area contributed by atoms with E-state index in [0.717, 1.165) is 16.7 Å². The van der Waals surface area contributed by atoms with Crippen LogP contribution in [0.3, 0.4) is 0 Å². The molecule has 0 aromatic heterocycles. The molecule has 0 aliphatic heterocycles. The molecular formula is C13H18F3NS. The number of aryl methyl sites for hydroxylation is 2. The summed E-state index contributed by atoms with van der Waals surface area (Å²) in [5, 5.41) is 3.12. The molecule has 0 heterocycles. The zero-order chi connectivity index (χ0) is 13.8. The number of alkyl halides is 3.